The lowest BCUT2D eigenvalue weighted by Crippen LogP contribution is -2.10. The standard InChI is InChI=1S/C66H46N2/c1-6-19-47(20-7-1)49-33-37-55(38-34-49)67(53-27-12-4-13-28-53)57-42-44-62-63(45-57)65(52-24-10-3-11-25-52)61-43-41-58(46-64(61)66(62)60-32-18-26-51-23-16-17-31-59(51)60)68(54-29-14-5-15-30-54)56-39-35-50(36-40-56)48-21-8-2-9-22-48/h1-46H. The van der Waals surface area contributed by atoms with E-state index in [2.05, 4.69) is 289 Å². The second-order valence-electron chi connectivity index (χ2n) is 17.3. The van der Waals surface area contributed by atoms with E-state index >= 15 is 0 Å². The summed E-state index contributed by atoms with van der Waals surface area (Å²) in [4.78, 5) is 4.77. The van der Waals surface area contributed by atoms with Gasteiger partial charge in [-0.15, -0.1) is 0 Å². The van der Waals surface area contributed by atoms with Gasteiger partial charge in [0, 0.05) is 34.1 Å². The summed E-state index contributed by atoms with van der Waals surface area (Å²) in [6.45, 7) is 0. The molecule has 12 aromatic carbocycles. The van der Waals surface area contributed by atoms with Crippen LogP contribution >= 0.6 is 0 Å². The van der Waals surface area contributed by atoms with Gasteiger partial charge in [-0.3, -0.25) is 0 Å². The van der Waals surface area contributed by atoms with Crippen molar-refractivity contribution in [3.8, 4) is 44.5 Å². The second kappa shape index (κ2) is 17.8. The van der Waals surface area contributed by atoms with E-state index < -0.39 is 0 Å². The van der Waals surface area contributed by atoms with E-state index in [1.807, 2.05) is 0 Å². The first-order chi connectivity index (χ1) is 33.7. The number of hydrogen-bond donors (Lipinski definition) is 0. The molecule has 0 fully saturated rings. The van der Waals surface area contributed by atoms with E-state index in [0.717, 1.165) is 34.1 Å². The van der Waals surface area contributed by atoms with Crippen LogP contribution in [0.5, 0.6) is 0 Å². The van der Waals surface area contributed by atoms with Crippen molar-refractivity contribution in [2.75, 3.05) is 9.80 Å². The Balaban J connectivity index is 1.12. The van der Waals surface area contributed by atoms with Crippen LogP contribution < -0.4 is 9.80 Å². The number of nitrogens with zero attached hydrogens (tertiary/aromatic N) is 2. The Morgan fingerprint density at radius 2 is 0.544 bits per heavy atom. The summed E-state index contributed by atoms with van der Waals surface area (Å²) >= 11 is 0. The van der Waals surface area contributed by atoms with Gasteiger partial charge in [-0.25, -0.2) is 0 Å². The molecule has 0 spiro atoms. The van der Waals surface area contributed by atoms with Gasteiger partial charge in [-0.1, -0.05) is 206 Å². The molecule has 0 amide bonds. The van der Waals surface area contributed by atoms with E-state index in [1.54, 1.807) is 0 Å². The molecule has 12 rings (SSSR count). The van der Waals surface area contributed by atoms with Crippen LogP contribution in [0.3, 0.4) is 0 Å². The topological polar surface area (TPSA) is 6.48 Å². The van der Waals surface area contributed by atoms with E-state index in [1.165, 1.54) is 76.8 Å². The zero-order valence-electron chi connectivity index (χ0n) is 37.5. The second-order valence-corrected chi connectivity index (χ2v) is 17.3. The molecule has 0 atom stereocenters. The van der Waals surface area contributed by atoms with Crippen molar-refractivity contribution < 1.29 is 0 Å². The molecule has 0 saturated carbocycles. The van der Waals surface area contributed by atoms with Crippen molar-refractivity contribution >= 4 is 66.4 Å². The summed E-state index contributed by atoms with van der Waals surface area (Å²) < 4.78 is 0. The minimum absolute atomic E-state index is 1.09. The van der Waals surface area contributed by atoms with Gasteiger partial charge in [0.05, 0.1) is 0 Å². The van der Waals surface area contributed by atoms with Gasteiger partial charge in [-0.2, -0.15) is 0 Å². The van der Waals surface area contributed by atoms with Crippen molar-refractivity contribution in [2.45, 2.75) is 0 Å². The van der Waals surface area contributed by atoms with E-state index in [9.17, 15) is 0 Å². The van der Waals surface area contributed by atoms with Gasteiger partial charge >= 0.3 is 0 Å². The van der Waals surface area contributed by atoms with E-state index in [4.69, 9.17) is 0 Å². The SMILES string of the molecule is c1ccc(-c2ccc(N(c3ccccc3)c3ccc4c(-c5cccc6ccccc56)c5cc(N(c6ccccc6)c6ccc(-c7ccccc7)cc6)ccc5c(-c5ccccc5)c4c3)cc2)cc1. The Labute approximate surface area is 397 Å². The average molecular weight is 867 g/mol. The molecule has 0 unspecified atom stereocenters. The third kappa shape index (κ3) is 7.54. The molecular weight excluding hydrogens is 821 g/mol. The Kier molecular flexibility index (Phi) is 10.6. The number of para-hydroxylation sites is 2. The van der Waals surface area contributed by atoms with Gasteiger partial charge in [0.2, 0.25) is 0 Å². The minimum atomic E-state index is 1.09. The Morgan fingerprint density at radius 1 is 0.191 bits per heavy atom. The molecule has 68 heavy (non-hydrogen) atoms. The van der Waals surface area contributed by atoms with Crippen LogP contribution in [0.25, 0.3) is 76.8 Å². The van der Waals surface area contributed by atoms with Gasteiger partial charge in [-0.05, 0) is 150 Å². The van der Waals surface area contributed by atoms with Crippen LogP contribution in [-0.2, 0) is 0 Å². The van der Waals surface area contributed by atoms with Crippen molar-refractivity contribution in [1.29, 1.82) is 0 Å². The van der Waals surface area contributed by atoms with Gasteiger partial charge in [0.15, 0.2) is 0 Å². The maximum absolute atomic E-state index is 2.43. The summed E-state index contributed by atoms with van der Waals surface area (Å²) in [6, 6.07) is 101. The first-order valence-electron chi connectivity index (χ1n) is 23.3. The van der Waals surface area contributed by atoms with Crippen LogP contribution in [0.4, 0.5) is 34.1 Å². The lowest BCUT2D eigenvalue weighted by Gasteiger charge is -2.28. The molecule has 0 radical (unpaired) electrons. The molecular formula is C66H46N2. The fourth-order valence-corrected chi connectivity index (χ4v) is 10.0. The molecule has 0 aliphatic heterocycles. The Morgan fingerprint density at radius 3 is 1.04 bits per heavy atom. The zero-order valence-corrected chi connectivity index (χ0v) is 37.5. The number of rotatable bonds is 10. The predicted molar refractivity (Wildman–Crippen MR) is 290 cm³/mol. The predicted octanol–water partition coefficient (Wildman–Crippen LogP) is 18.8. The quantitative estimate of drug-likeness (QED) is 0.126. The van der Waals surface area contributed by atoms with Gasteiger partial charge in [0.25, 0.3) is 0 Å². The molecule has 0 aliphatic rings. The molecule has 320 valence electrons. The normalized spacial score (nSPS) is 11.2. The van der Waals surface area contributed by atoms with E-state index in [0.29, 0.717) is 0 Å². The van der Waals surface area contributed by atoms with Crippen molar-refractivity contribution in [3.63, 3.8) is 0 Å². The van der Waals surface area contributed by atoms with Crippen LogP contribution in [0.2, 0.25) is 0 Å². The number of benzene rings is 12. The monoisotopic (exact) mass is 866 g/mol. The first-order valence-corrected chi connectivity index (χ1v) is 23.3. The van der Waals surface area contributed by atoms with Crippen molar-refractivity contribution in [2.24, 2.45) is 0 Å². The third-order valence-electron chi connectivity index (χ3n) is 13.2. The smallest absolute Gasteiger partial charge is 0.0468 e. The summed E-state index contributed by atoms with van der Waals surface area (Å²) in [5.74, 6) is 0. The highest BCUT2D eigenvalue weighted by Crippen LogP contribution is 2.49. The maximum atomic E-state index is 2.43. The summed E-state index contributed by atoms with van der Waals surface area (Å²) in [6.07, 6.45) is 0. The molecule has 0 saturated heterocycles. The van der Waals surface area contributed by atoms with Crippen LogP contribution in [0.15, 0.2) is 279 Å². The van der Waals surface area contributed by atoms with Gasteiger partial charge < -0.3 is 9.80 Å². The number of hydrogen-bond acceptors (Lipinski definition) is 2. The largest absolute Gasteiger partial charge is 0.310 e. The minimum Gasteiger partial charge on any atom is -0.310 e. The highest BCUT2D eigenvalue weighted by molar-refractivity contribution is 6.24. The lowest BCUT2D eigenvalue weighted by atomic mass is 9.84. The van der Waals surface area contributed by atoms with Crippen molar-refractivity contribution in [1.82, 2.24) is 0 Å². The highest BCUT2D eigenvalue weighted by Gasteiger charge is 2.23. The number of anilines is 6. The molecule has 0 N–H and O–H groups in total. The molecule has 0 aromatic heterocycles. The summed E-state index contributed by atoms with van der Waals surface area (Å²) in [5.41, 5.74) is 16.1. The average Bonchev–Trinajstić information content (AvgIpc) is 3.42. The summed E-state index contributed by atoms with van der Waals surface area (Å²) in [7, 11) is 0. The molecule has 0 heterocycles. The molecule has 0 aliphatic carbocycles. The fraction of sp³-hybridized carbons (Fsp3) is 0. The zero-order chi connectivity index (χ0) is 45.2. The first kappa shape index (κ1) is 40.5. The third-order valence-corrected chi connectivity index (χ3v) is 13.2. The van der Waals surface area contributed by atoms with Crippen LogP contribution in [-0.4, -0.2) is 0 Å². The lowest BCUT2D eigenvalue weighted by molar-refractivity contribution is 1.29. The van der Waals surface area contributed by atoms with E-state index in [-0.39, 0.29) is 0 Å². The number of fused-ring (bicyclic) bond motifs is 3. The molecule has 2 nitrogen and oxygen atoms in total. The Hall–Kier alpha value is -8.98. The maximum Gasteiger partial charge on any atom is 0.0468 e. The van der Waals surface area contributed by atoms with Gasteiger partial charge in [0.1, 0.15) is 0 Å². The Bertz CT molecular complexity index is 3680. The molecule has 0 bridgehead atoms. The fourth-order valence-electron chi connectivity index (χ4n) is 10.0. The highest BCUT2D eigenvalue weighted by atomic mass is 15.1. The molecule has 2 heteroatoms. The van der Waals surface area contributed by atoms with Crippen LogP contribution in [0.1, 0.15) is 0 Å². The summed E-state index contributed by atoms with van der Waals surface area (Å²) in [5, 5.41) is 7.20. The van der Waals surface area contributed by atoms with Crippen LogP contribution in [0, 0.1) is 0 Å². The molecule has 12 aromatic rings. The van der Waals surface area contributed by atoms with Crippen molar-refractivity contribution in [3.05, 3.63) is 279 Å².